The summed E-state index contributed by atoms with van der Waals surface area (Å²) in [5.41, 5.74) is 22.1. The van der Waals surface area contributed by atoms with Gasteiger partial charge in [-0.2, -0.15) is 0 Å². The molecule has 0 aromatic heterocycles. The molecule has 18 heteroatoms. The summed E-state index contributed by atoms with van der Waals surface area (Å²) in [6.45, 7) is 9.81. The summed E-state index contributed by atoms with van der Waals surface area (Å²) < 4.78 is 21.9. The average molecular weight is 1100 g/mol. The van der Waals surface area contributed by atoms with Crippen LogP contribution in [-0.2, 0) is 57.3 Å². The Morgan fingerprint density at radius 3 is 0.740 bits per heavy atom. The number of unbranched alkanes of at least 4 members (excludes halogenated alkanes) is 24. The Morgan fingerprint density at radius 2 is 0.519 bits per heavy atom. The number of Topliss-reactive ketones (excluding diaryl/α,β-unsaturated/α-hetero) is 2. The molecule has 0 unspecified atom stereocenters. The number of ether oxygens (including phenoxy) is 4. The molecule has 4 atom stereocenters. The quantitative estimate of drug-likeness (QED) is 0.0188. The summed E-state index contributed by atoms with van der Waals surface area (Å²) >= 11 is 0. The average Bonchev–Trinajstić information content (AvgIpc) is 3.41. The number of carbonyl (C=O) groups is 8. The molecular weight excluding hydrogens is 985 g/mol. The first kappa shape index (κ1) is 77.2. The van der Waals surface area contributed by atoms with Crippen molar-refractivity contribution in [3.63, 3.8) is 0 Å². The molecule has 0 spiro atoms. The van der Waals surface area contributed by atoms with Crippen molar-refractivity contribution in [1.82, 2.24) is 10.6 Å². The summed E-state index contributed by atoms with van der Waals surface area (Å²) in [5.74, 6) is -4.71. The van der Waals surface area contributed by atoms with Crippen LogP contribution in [0, 0.1) is 0 Å². The number of hydrogen-bond donors (Lipinski definition) is 6. The predicted molar refractivity (Wildman–Crippen MR) is 307 cm³/mol. The van der Waals surface area contributed by atoms with Crippen molar-refractivity contribution < 1.29 is 57.3 Å². The van der Waals surface area contributed by atoms with Crippen molar-refractivity contribution in [3.05, 3.63) is 0 Å². The van der Waals surface area contributed by atoms with Crippen LogP contribution in [0.3, 0.4) is 0 Å². The number of nitrogens with one attached hydrogen (secondary N) is 2. The van der Waals surface area contributed by atoms with Crippen LogP contribution in [0.2, 0.25) is 0 Å². The lowest BCUT2D eigenvalue weighted by molar-refractivity contribution is -0.176. The number of hydrogen-bond acceptors (Lipinski definition) is 16. The fraction of sp³-hybridized carbons (Fsp3) is 0.864. The van der Waals surface area contributed by atoms with E-state index in [4.69, 9.17) is 41.9 Å². The zero-order valence-electron chi connectivity index (χ0n) is 48.2. The maximum atomic E-state index is 13.0. The molecule has 2 amide bonds. The van der Waals surface area contributed by atoms with Gasteiger partial charge in [-0.25, -0.2) is 0 Å². The van der Waals surface area contributed by atoms with Gasteiger partial charge in [-0.3, -0.25) is 38.4 Å². The van der Waals surface area contributed by atoms with E-state index in [0.29, 0.717) is 38.5 Å². The highest BCUT2D eigenvalue weighted by Gasteiger charge is 2.41. The summed E-state index contributed by atoms with van der Waals surface area (Å²) in [6, 6.07) is 0. The number of rotatable bonds is 52. The van der Waals surface area contributed by atoms with E-state index in [2.05, 4.69) is 38.3 Å². The van der Waals surface area contributed by atoms with E-state index in [-0.39, 0.29) is 85.2 Å². The third-order valence-corrected chi connectivity index (χ3v) is 12.8. The van der Waals surface area contributed by atoms with Crippen molar-refractivity contribution in [2.45, 2.75) is 291 Å². The monoisotopic (exact) mass is 1100 g/mol. The Morgan fingerprint density at radius 1 is 0.299 bits per heavy atom. The van der Waals surface area contributed by atoms with Crippen molar-refractivity contribution in [1.29, 1.82) is 0 Å². The van der Waals surface area contributed by atoms with E-state index >= 15 is 0 Å². The van der Waals surface area contributed by atoms with Crippen molar-refractivity contribution >= 4 is 47.3 Å². The fourth-order valence-electron chi connectivity index (χ4n) is 8.24. The third-order valence-electron chi connectivity index (χ3n) is 12.8. The Kier molecular flexibility index (Phi) is 56.9. The summed E-state index contributed by atoms with van der Waals surface area (Å²) in [5, 5.41) is 5.13. The first-order valence-corrected chi connectivity index (χ1v) is 30.0. The number of ketones is 2. The molecule has 18 nitrogen and oxygen atoms in total. The van der Waals surface area contributed by atoms with Gasteiger partial charge < -0.3 is 52.5 Å². The van der Waals surface area contributed by atoms with Gasteiger partial charge in [0, 0.05) is 64.7 Å². The molecule has 0 radical (unpaired) electrons. The molecular formula is C59H114N6O12. The van der Waals surface area contributed by atoms with Crippen LogP contribution in [0.25, 0.3) is 0 Å². The highest BCUT2D eigenvalue weighted by atomic mass is 16.6. The van der Waals surface area contributed by atoms with E-state index in [1.807, 2.05) is 0 Å². The van der Waals surface area contributed by atoms with Gasteiger partial charge in [0.25, 0.3) is 11.8 Å². The van der Waals surface area contributed by atoms with Gasteiger partial charge in [-0.15, -0.1) is 0 Å². The van der Waals surface area contributed by atoms with Crippen LogP contribution in [0.4, 0.5) is 0 Å². The Labute approximate surface area is 466 Å². The topological polar surface area (TPSA) is 302 Å². The Bertz CT molecular complexity index is 1400. The zero-order valence-corrected chi connectivity index (χ0v) is 48.2. The molecule has 0 saturated heterocycles. The highest BCUT2D eigenvalue weighted by Crippen LogP contribution is 2.19. The van der Waals surface area contributed by atoms with Crippen molar-refractivity contribution in [2.24, 2.45) is 22.9 Å². The normalized spacial score (nSPS) is 12.4. The second kappa shape index (κ2) is 56.7. The lowest BCUT2D eigenvalue weighted by Crippen LogP contribution is -2.51. The van der Waals surface area contributed by atoms with Gasteiger partial charge in [-0.1, -0.05) is 189 Å². The second-order valence-corrected chi connectivity index (χ2v) is 20.0. The minimum absolute atomic E-state index is 0. The van der Waals surface area contributed by atoms with Crippen LogP contribution in [0.15, 0.2) is 0 Å². The minimum Gasteiger partial charge on any atom is -0.450 e. The second-order valence-electron chi connectivity index (χ2n) is 20.0. The molecule has 77 heavy (non-hydrogen) atoms. The van der Waals surface area contributed by atoms with E-state index in [1.54, 1.807) is 0 Å². The first-order chi connectivity index (χ1) is 36.8. The maximum Gasteiger partial charge on any atom is 0.306 e. The largest absolute Gasteiger partial charge is 0.450 e. The molecule has 0 fully saturated rings. The summed E-state index contributed by atoms with van der Waals surface area (Å²) in [7, 11) is 0. The third kappa shape index (κ3) is 45.6. The molecule has 0 saturated carbocycles. The van der Waals surface area contributed by atoms with Gasteiger partial charge in [0.2, 0.25) is 24.4 Å². The van der Waals surface area contributed by atoms with Gasteiger partial charge in [0.1, 0.15) is 0 Å². The molecule has 0 aliphatic rings. The molecule has 0 aliphatic carbocycles. The molecule has 452 valence electrons. The maximum absolute atomic E-state index is 13.0. The van der Waals surface area contributed by atoms with Crippen LogP contribution < -0.4 is 33.6 Å². The van der Waals surface area contributed by atoms with Crippen LogP contribution >= 0.6 is 0 Å². The van der Waals surface area contributed by atoms with Crippen molar-refractivity contribution in [3.8, 4) is 0 Å². The predicted octanol–water partition coefficient (Wildman–Crippen LogP) is 9.58. The fourth-order valence-corrected chi connectivity index (χ4v) is 8.24. The number of esters is 4. The Hall–Kier alpha value is -4.00. The van der Waals surface area contributed by atoms with E-state index < -0.39 is 71.7 Å². The Balaban J connectivity index is -0.00000141. The number of carbonyl (C=O) groups excluding carboxylic acids is 8. The number of nitrogens with two attached hydrogens (primary N) is 4. The SMILES string of the molecule is C.CCCCCCCCC(=O)O[C@@H](C(=O)CCCN)[C@@H](OC(=O)CCCCCCCC)C(=O)NCCN.CCCCCCCCCCC(=O)O[C@@H](C(=O)CCCN)[C@@H](OC(=O)CCCCCCCCCC)C(=O)NCCN. The van der Waals surface area contributed by atoms with Gasteiger partial charge in [0.15, 0.2) is 11.6 Å². The molecule has 0 aromatic rings. The molecule has 0 aromatic carbocycles. The smallest absolute Gasteiger partial charge is 0.306 e. The molecule has 10 N–H and O–H groups in total. The molecule has 0 aliphatic heterocycles. The standard InChI is InChI=1S/C31H59N3O6.C27H51N3O6.CH4/c1-3-5-7-9-11-13-15-17-21-27(36)39-29(26(35)20-19-23-32)30(31(38)34-25-24-33)40-28(37)22-18-16-14-12-10-8-6-4-2;1-3-5-7-9-11-13-17-23(32)35-25(22(31)16-15-19-28)26(27(34)30-21-20-29)36-24(33)18-14-12-10-8-6-4-2;/h29-30H,3-25,32-33H2,1-2H3,(H,34,38);25-26H,3-21,28-29H2,1-2H3,(H,30,34);1H4/t29-,30+;25-,26+;/m00./s1. The first-order valence-electron chi connectivity index (χ1n) is 30.0. The van der Waals surface area contributed by atoms with E-state index in [9.17, 15) is 38.4 Å². The van der Waals surface area contributed by atoms with Gasteiger partial charge in [0.05, 0.1) is 0 Å². The molecule has 0 rings (SSSR count). The van der Waals surface area contributed by atoms with Crippen LogP contribution in [-0.4, -0.2) is 111 Å². The van der Waals surface area contributed by atoms with Gasteiger partial charge >= 0.3 is 23.9 Å². The van der Waals surface area contributed by atoms with E-state index in [1.165, 1.54) is 51.4 Å². The lowest BCUT2D eigenvalue weighted by atomic mass is 10.0. The zero-order chi connectivity index (χ0) is 56.9. The highest BCUT2D eigenvalue weighted by molar-refractivity contribution is 5.95. The summed E-state index contributed by atoms with van der Waals surface area (Å²) in [6.07, 6.45) is 24.2. The minimum atomic E-state index is -1.55. The lowest BCUT2D eigenvalue weighted by Gasteiger charge is -2.25. The van der Waals surface area contributed by atoms with Crippen molar-refractivity contribution in [2.75, 3.05) is 39.3 Å². The van der Waals surface area contributed by atoms with Crippen LogP contribution in [0.5, 0.6) is 0 Å². The van der Waals surface area contributed by atoms with E-state index in [0.717, 1.165) is 103 Å². The van der Waals surface area contributed by atoms with Gasteiger partial charge in [-0.05, 0) is 51.6 Å². The molecule has 0 heterocycles. The van der Waals surface area contributed by atoms with Crippen LogP contribution in [0.1, 0.15) is 266 Å². The number of amides is 2. The summed E-state index contributed by atoms with van der Waals surface area (Å²) in [4.78, 5) is 102. The molecule has 0 bridgehead atoms.